The number of rotatable bonds is 6. The molecule has 1 aromatic heterocycles. The average Bonchev–Trinajstić information content (AvgIpc) is 3.40. The highest BCUT2D eigenvalue weighted by Gasteiger charge is 2.45. The van der Waals surface area contributed by atoms with Crippen molar-refractivity contribution < 1.29 is 19.1 Å². The second-order valence-corrected chi connectivity index (χ2v) is 10.3. The summed E-state index contributed by atoms with van der Waals surface area (Å²) >= 11 is 0. The SMILES string of the molecule is CC(C)(C)c1ccc(C2C(C(=O)CCc3ccccc3)=C(O)C(=O)N2c2nc3ccc(F)cc3[nH]2)cc1. The van der Waals surface area contributed by atoms with Gasteiger partial charge < -0.3 is 10.1 Å². The van der Waals surface area contributed by atoms with Gasteiger partial charge in [-0.3, -0.25) is 14.5 Å². The molecule has 1 aliphatic rings. The summed E-state index contributed by atoms with van der Waals surface area (Å²) in [7, 11) is 0. The molecule has 5 rings (SSSR count). The molecule has 1 amide bonds. The standard InChI is InChI=1S/C30H28FN3O3/c1-30(2,3)20-12-10-19(11-13-20)26-25(24(35)16-9-18-7-5-4-6-8-18)27(36)28(37)34(26)29-32-22-15-14-21(31)17-23(22)33-29/h4-8,10-15,17,26,36H,9,16H2,1-3H3,(H,32,33). The Kier molecular flexibility index (Phi) is 6.15. The summed E-state index contributed by atoms with van der Waals surface area (Å²) in [6, 6.07) is 20.5. The number of fused-ring (bicyclic) bond motifs is 1. The molecule has 37 heavy (non-hydrogen) atoms. The van der Waals surface area contributed by atoms with Gasteiger partial charge in [0, 0.05) is 6.42 Å². The lowest BCUT2D eigenvalue weighted by molar-refractivity contribution is -0.118. The van der Waals surface area contributed by atoms with E-state index in [2.05, 4.69) is 30.7 Å². The van der Waals surface area contributed by atoms with Crippen LogP contribution in [0.1, 0.15) is 49.9 Å². The van der Waals surface area contributed by atoms with Gasteiger partial charge in [0.2, 0.25) is 5.95 Å². The van der Waals surface area contributed by atoms with Crippen molar-refractivity contribution in [2.45, 2.75) is 45.1 Å². The number of nitrogens with one attached hydrogen (secondary N) is 1. The number of carbonyl (C=O) groups excluding carboxylic acids is 2. The summed E-state index contributed by atoms with van der Waals surface area (Å²) < 4.78 is 13.8. The van der Waals surface area contributed by atoms with Crippen LogP contribution in [-0.2, 0) is 21.4 Å². The second kappa shape index (κ2) is 9.32. The smallest absolute Gasteiger partial charge is 0.296 e. The van der Waals surface area contributed by atoms with E-state index in [0.717, 1.165) is 11.1 Å². The molecule has 4 aromatic rings. The first-order valence-corrected chi connectivity index (χ1v) is 12.2. The molecule has 1 unspecified atom stereocenters. The summed E-state index contributed by atoms with van der Waals surface area (Å²) in [5.41, 5.74) is 3.58. The van der Waals surface area contributed by atoms with Crippen LogP contribution in [0.3, 0.4) is 0 Å². The molecular weight excluding hydrogens is 469 g/mol. The Morgan fingerprint density at radius 3 is 2.43 bits per heavy atom. The van der Waals surface area contributed by atoms with E-state index >= 15 is 0 Å². The first-order chi connectivity index (χ1) is 17.6. The Balaban J connectivity index is 1.56. The first-order valence-electron chi connectivity index (χ1n) is 12.2. The van der Waals surface area contributed by atoms with Crippen LogP contribution >= 0.6 is 0 Å². The molecule has 0 aliphatic carbocycles. The first kappa shape index (κ1) is 24.4. The Morgan fingerprint density at radius 2 is 1.76 bits per heavy atom. The number of carbonyl (C=O) groups is 2. The number of halogens is 1. The highest BCUT2D eigenvalue weighted by Crippen LogP contribution is 2.41. The van der Waals surface area contributed by atoms with Crippen molar-refractivity contribution in [1.82, 2.24) is 9.97 Å². The fraction of sp³-hybridized carbons (Fsp3) is 0.233. The summed E-state index contributed by atoms with van der Waals surface area (Å²) in [5, 5.41) is 11.0. The number of ketones is 1. The molecule has 0 fully saturated rings. The third kappa shape index (κ3) is 4.65. The van der Waals surface area contributed by atoms with Crippen molar-refractivity contribution in [2.24, 2.45) is 0 Å². The van der Waals surface area contributed by atoms with Crippen LogP contribution in [0.4, 0.5) is 10.3 Å². The average molecular weight is 498 g/mol. The van der Waals surface area contributed by atoms with Gasteiger partial charge in [0.1, 0.15) is 5.82 Å². The van der Waals surface area contributed by atoms with Gasteiger partial charge in [0.15, 0.2) is 11.5 Å². The molecule has 1 aliphatic heterocycles. The predicted octanol–water partition coefficient (Wildman–Crippen LogP) is 6.10. The van der Waals surface area contributed by atoms with E-state index < -0.39 is 23.5 Å². The molecule has 0 spiro atoms. The number of aromatic nitrogens is 2. The molecule has 0 bridgehead atoms. The number of anilines is 1. The Morgan fingerprint density at radius 1 is 1.05 bits per heavy atom. The quantitative estimate of drug-likeness (QED) is 0.337. The zero-order valence-corrected chi connectivity index (χ0v) is 21.0. The lowest BCUT2D eigenvalue weighted by Gasteiger charge is -2.26. The van der Waals surface area contributed by atoms with Crippen molar-refractivity contribution in [1.29, 1.82) is 0 Å². The van der Waals surface area contributed by atoms with Crippen LogP contribution in [-0.4, -0.2) is 26.8 Å². The van der Waals surface area contributed by atoms with E-state index in [1.165, 1.54) is 23.1 Å². The third-order valence-electron chi connectivity index (χ3n) is 6.74. The predicted molar refractivity (Wildman–Crippen MR) is 141 cm³/mol. The number of benzene rings is 3. The van der Waals surface area contributed by atoms with Gasteiger partial charge in [-0.15, -0.1) is 0 Å². The van der Waals surface area contributed by atoms with E-state index in [1.54, 1.807) is 0 Å². The van der Waals surface area contributed by atoms with Crippen molar-refractivity contribution in [2.75, 3.05) is 4.90 Å². The molecule has 2 heterocycles. The van der Waals surface area contributed by atoms with Crippen molar-refractivity contribution in [3.05, 3.63) is 107 Å². The van der Waals surface area contributed by atoms with Gasteiger partial charge in [-0.2, -0.15) is 0 Å². The fourth-order valence-electron chi connectivity index (χ4n) is 4.71. The van der Waals surface area contributed by atoms with E-state index in [1.807, 2.05) is 54.6 Å². The molecular formula is C30H28FN3O3. The summed E-state index contributed by atoms with van der Waals surface area (Å²) in [6.45, 7) is 6.31. The van der Waals surface area contributed by atoms with Crippen LogP contribution in [0.15, 0.2) is 84.1 Å². The number of hydrogen-bond acceptors (Lipinski definition) is 4. The van der Waals surface area contributed by atoms with Gasteiger partial charge in [0.05, 0.1) is 22.6 Å². The minimum atomic E-state index is -0.879. The topological polar surface area (TPSA) is 86.3 Å². The largest absolute Gasteiger partial charge is 0.503 e. The minimum Gasteiger partial charge on any atom is -0.503 e. The molecule has 0 saturated carbocycles. The van der Waals surface area contributed by atoms with Crippen LogP contribution in [0.25, 0.3) is 11.0 Å². The summed E-state index contributed by atoms with van der Waals surface area (Å²) in [4.78, 5) is 35.6. The van der Waals surface area contributed by atoms with Gasteiger partial charge >= 0.3 is 0 Å². The monoisotopic (exact) mass is 497 g/mol. The van der Waals surface area contributed by atoms with Crippen molar-refractivity contribution in [3.63, 3.8) is 0 Å². The maximum absolute atomic E-state index is 13.8. The molecule has 3 aromatic carbocycles. The van der Waals surface area contributed by atoms with Crippen LogP contribution in [0.2, 0.25) is 0 Å². The molecule has 6 nitrogen and oxygen atoms in total. The number of H-pyrrole nitrogens is 1. The van der Waals surface area contributed by atoms with Gasteiger partial charge in [-0.25, -0.2) is 9.37 Å². The van der Waals surface area contributed by atoms with Crippen LogP contribution in [0, 0.1) is 5.82 Å². The Labute approximate surface area is 214 Å². The van der Waals surface area contributed by atoms with Gasteiger partial charge in [0.25, 0.3) is 5.91 Å². The van der Waals surface area contributed by atoms with Gasteiger partial charge in [-0.1, -0.05) is 75.4 Å². The van der Waals surface area contributed by atoms with Crippen LogP contribution in [0.5, 0.6) is 0 Å². The number of imidazole rings is 1. The maximum atomic E-state index is 13.8. The van der Waals surface area contributed by atoms with E-state index in [0.29, 0.717) is 23.0 Å². The number of hydrogen-bond donors (Lipinski definition) is 2. The molecule has 7 heteroatoms. The fourth-order valence-corrected chi connectivity index (χ4v) is 4.71. The number of aliphatic hydroxyl groups is 1. The molecule has 0 saturated heterocycles. The maximum Gasteiger partial charge on any atom is 0.296 e. The highest BCUT2D eigenvalue weighted by atomic mass is 19.1. The number of aromatic amines is 1. The molecule has 0 radical (unpaired) electrons. The lowest BCUT2D eigenvalue weighted by atomic mass is 9.85. The summed E-state index contributed by atoms with van der Waals surface area (Å²) in [5.74, 6) is -1.94. The molecule has 2 N–H and O–H groups in total. The number of aliphatic hydroxyl groups excluding tert-OH is 1. The zero-order valence-electron chi connectivity index (χ0n) is 21.0. The number of nitrogens with zero attached hydrogens (tertiary/aromatic N) is 2. The Hall–Kier alpha value is -4.26. The zero-order chi connectivity index (χ0) is 26.3. The van der Waals surface area contributed by atoms with Gasteiger partial charge in [-0.05, 0) is 46.7 Å². The molecule has 188 valence electrons. The van der Waals surface area contributed by atoms with E-state index in [4.69, 9.17) is 0 Å². The summed E-state index contributed by atoms with van der Waals surface area (Å²) in [6.07, 6.45) is 0.608. The highest BCUT2D eigenvalue weighted by molar-refractivity contribution is 6.16. The minimum absolute atomic E-state index is 0.0380. The van der Waals surface area contributed by atoms with E-state index in [9.17, 15) is 19.1 Å². The van der Waals surface area contributed by atoms with Crippen molar-refractivity contribution >= 4 is 28.7 Å². The number of aryl methyl sites for hydroxylation is 1. The normalized spacial score (nSPS) is 16.2. The van der Waals surface area contributed by atoms with E-state index in [-0.39, 0.29) is 29.1 Å². The lowest BCUT2D eigenvalue weighted by Crippen LogP contribution is -2.32. The third-order valence-corrected chi connectivity index (χ3v) is 6.74. The van der Waals surface area contributed by atoms with Crippen molar-refractivity contribution in [3.8, 4) is 0 Å². The Bertz CT molecular complexity index is 1520. The number of amides is 1. The molecule has 1 atom stereocenters. The second-order valence-electron chi connectivity index (χ2n) is 10.3. The number of Topliss-reactive ketones (excluding diaryl/α,β-unsaturated/α-hetero) is 1. The van der Waals surface area contributed by atoms with Crippen LogP contribution < -0.4 is 4.90 Å².